The van der Waals surface area contributed by atoms with E-state index < -0.39 is 42.2 Å². The van der Waals surface area contributed by atoms with Crippen LogP contribution in [0.5, 0.6) is 0 Å². The Bertz CT molecular complexity index is 331. The van der Waals surface area contributed by atoms with Crippen LogP contribution >= 0.6 is 12.4 Å². The van der Waals surface area contributed by atoms with Crippen LogP contribution in [0, 0.1) is 5.92 Å². The van der Waals surface area contributed by atoms with Gasteiger partial charge in [0, 0.05) is 25.3 Å². The predicted molar refractivity (Wildman–Crippen MR) is 53.4 cm³/mol. The van der Waals surface area contributed by atoms with Crippen LogP contribution < -0.4 is 16.4 Å². The van der Waals surface area contributed by atoms with Crippen molar-refractivity contribution in [1.29, 1.82) is 0 Å². The average Bonchev–Trinajstić information content (AvgIpc) is 2.37. The SMILES string of the molecule is Cl.NCC1(C2CC(F)(F)C2)NC(=O)NC1=O. The van der Waals surface area contributed by atoms with Gasteiger partial charge in [-0.25, -0.2) is 13.6 Å². The summed E-state index contributed by atoms with van der Waals surface area (Å²) in [5, 5.41) is 4.37. The monoisotopic (exact) mass is 255 g/mol. The molecular formula is C8H12ClF2N3O2. The summed E-state index contributed by atoms with van der Waals surface area (Å²) in [6, 6.07) is -0.666. The van der Waals surface area contributed by atoms with Crippen molar-refractivity contribution in [2.24, 2.45) is 11.7 Å². The Kier molecular flexibility index (Phi) is 3.13. The summed E-state index contributed by atoms with van der Waals surface area (Å²) in [7, 11) is 0. The van der Waals surface area contributed by atoms with E-state index in [-0.39, 0.29) is 19.0 Å². The zero-order chi connectivity index (χ0) is 11.3. The number of hydrogen-bond donors (Lipinski definition) is 3. The normalized spacial score (nSPS) is 32.4. The van der Waals surface area contributed by atoms with Crippen LogP contribution in [-0.4, -0.2) is 29.9 Å². The Morgan fingerprint density at radius 1 is 1.38 bits per heavy atom. The molecule has 0 aromatic carbocycles. The van der Waals surface area contributed by atoms with Crippen LogP contribution in [-0.2, 0) is 4.79 Å². The highest BCUT2D eigenvalue weighted by atomic mass is 35.5. The van der Waals surface area contributed by atoms with E-state index >= 15 is 0 Å². The average molecular weight is 256 g/mol. The molecule has 1 saturated heterocycles. The van der Waals surface area contributed by atoms with Crippen molar-refractivity contribution >= 4 is 24.3 Å². The second-order valence-electron chi connectivity index (χ2n) is 4.04. The highest BCUT2D eigenvalue weighted by Gasteiger charge is 2.60. The van der Waals surface area contributed by atoms with Crippen molar-refractivity contribution in [2.75, 3.05) is 6.54 Å². The Balaban J connectivity index is 0.00000128. The van der Waals surface area contributed by atoms with E-state index in [1.165, 1.54) is 0 Å². The molecule has 8 heteroatoms. The van der Waals surface area contributed by atoms with E-state index in [1.807, 2.05) is 5.32 Å². The van der Waals surface area contributed by atoms with Crippen molar-refractivity contribution in [2.45, 2.75) is 24.3 Å². The second-order valence-corrected chi connectivity index (χ2v) is 4.04. The molecule has 5 nitrogen and oxygen atoms in total. The minimum atomic E-state index is -2.74. The summed E-state index contributed by atoms with van der Waals surface area (Å²) in [4.78, 5) is 22.4. The summed E-state index contributed by atoms with van der Waals surface area (Å²) in [5.41, 5.74) is 4.07. The lowest BCUT2D eigenvalue weighted by molar-refractivity contribution is -0.147. The van der Waals surface area contributed by atoms with Gasteiger partial charge in [-0.2, -0.15) is 0 Å². The van der Waals surface area contributed by atoms with Gasteiger partial charge in [0.05, 0.1) is 0 Å². The lowest BCUT2D eigenvalue weighted by atomic mass is 9.68. The van der Waals surface area contributed by atoms with Crippen molar-refractivity contribution in [3.05, 3.63) is 0 Å². The molecule has 1 aliphatic carbocycles. The molecule has 16 heavy (non-hydrogen) atoms. The smallest absolute Gasteiger partial charge is 0.322 e. The zero-order valence-electron chi connectivity index (χ0n) is 8.26. The molecule has 1 saturated carbocycles. The number of alkyl halides is 2. The van der Waals surface area contributed by atoms with Gasteiger partial charge in [0.2, 0.25) is 5.92 Å². The number of hydrogen-bond acceptors (Lipinski definition) is 3. The van der Waals surface area contributed by atoms with E-state index in [1.54, 1.807) is 0 Å². The fourth-order valence-electron chi connectivity index (χ4n) is 2.11. The molecule has 2 fully saturated rings. The van der Waals surface area contributed by atoms with Gasteiger partial charge in [0.15, 0.2) is 0 Å². The van der Waals surface area contributed by atoms with Crippen LogP contribution in [0.2, 0.25) is 0 Å². The Morgan fingerprint density at radius 3 is 2.25 bits per heavy atom. The first-order valence-corrected chi connectivity index (χ1v) is 4.61. The van der Waals surface area contributed by atoms with Gasteiger partial charge < -0.3 is 11.1 Å². The zero-order valence-corrected chi connectivity index (χ0v) is 9.07. The molecule has 2 aliphatic rings. The third kappa shape index (κ3) is 1.73. The summed E-state index contributed by atoms with van der Waals surface area (Å²) in [5.74, 6) is -3.92. The number of nitrogens with one attached hydrogen (secondary N) is 2. The number of rotatable bonds is 2. The molecule has 0 aromatic heterocycles. The first-order chi connectivity index (χ1) is 6.89. The predicted octanol–water partition coefficient (Wildman–Crippen LogP) is -0.00960. The number of halogens is 3. The van der Waals surface area contributed by atoms with Crippen LogP contribution in [0.4, 0.5) is 13.6 Å². The first kappa shape index (κ1) is 13.1. The van der Waals surface area contributed by atoms with Crippen LogP contribution in [0.15, 0.2) is 0 Å². The van der Waals surface area contributed by atoms with Gasteiger partial charge in [0.1, 0.15) is 5.54 Å². The number of carbonyl (C=O) groups excluding carboxylic acids is 2. The fourth-order valence-corrected chi connectivity index (χ4v) is 2.11. The summed E-state index contributed by atoms with van der Waals surface area (Å²) in [6.07, 6.45) is -0.810. The third-order valence-electron chi connectivity index (χ3n) is 3.08. The number of urea groups is 1. The molecule has 1 heterocycles. The fraction of sp³-hybridized carbons (Fsp3) is 0.750. The Hall–Kier alpha value is -0.950. The molecule has 0 aromatic rings. The third-order valence-corrected chi connectivity index (χ3v) is 3.08. The van der Waals surface area contributed by atoms with Crippen molar-refractivity contribution in [3.63, 3.8) is 0 Å². The van der Waals surface area contributed by atoms with E-state index in [9.17, 15) is 18.4 Å². The maximum atomic E-state index is 12.7. The number of amides is 3. The molecule has 2 rings (SSSR count). The molecular weight excluding hydrogens is 244 g/mol. The molecule has 0 spiro atoms. The lowest BCUT2D eigenvalue weighted by Gasteiger charge is -2.44. The molecule has 1 unspecified atom stereocenters. The van der Waals surface area contributed by atoms with E-state index in [2.05, 4.69) is 5.32 Å². The topological polar surface area (TPSA) is 84.2 Å². The summed E-state index contributed by atoms with van der Waals surface area (Å²) in [6.45, 7) is -0.161. The highest BCUT2D eigenvalue weighted by Crippen LogP contribution is 2.48. The van der Waals surface area contributed by atoms with Crippen molar-refractivity contribution in [1.82, 2.24) is 10.6 Å². The molecule has 0 bridgehead atoms. The number of nitrogens with two attached hydrogens (primary N) is 1. The minimum absolute atomic E-state index is 0. The van der Waals surface area contributed by atoms with E-state index in [4.69, 9.17) is 5.73 Å². The van der Waals surface area contributed by atoms with Gasteiger partial charge in [-0.3, -0.25) is 10.1 Å². The maximum Gasteiger partial charge on any atom is 0.322 e. The van der Waals surface area contributed by atoms with Gasteiger partial charge in [0.25, 0.3) is 5.91 Å². The largest absolute Gasteiger partial charge is 0.328 e. The molecule has 3 amide bonds. The Morgan fingerprint density at radius 2 is 1.94 bits per heavy atom. The minimum Gasteiger partial charge on any atom is -0.328 e. The summed E-state index contributed by atoms with van der Waals surface area (Å²) >= 11 is 0. The number of imide groups is 1. The molecule has 0 radical (unpaired) electrons. The summed E-state index contributed by atoms with van der Waals surface area (Å²) < 4.78 is 25.4. The lowest BCUT2D eigenvalue weighted by Crippen LogP contribution is -2.63. The quantitative estimate of drug-likeness (QED) is 0.607. The van der Waals surface area contributed by atoms with Crippen molar-refractivity contribution < 1.29 is 18.4 Å². The maximum absolute atomic E-state index is 12.7. The molecule has 1 atom stereocenters. The Labute approximate surface area is 96.5 Å². The highest BCUT2D eigenvalue weighted by molar-refractivity contribution is 6.07. The van der Waals surface area contributed by atoms with Crippen LogP contribution in [0.1, 0.15) is 12.8 Å². The first-order valence-electron chi connectivity index (χ1n) is 4.61. The van der Waals surface area contributed by atoms with E-state index in [0.29, 0.717) is 0 Å². The van der Waals surface area contributed by atoms with Crippen molar-refractivity contribution in [3.8, 4) is 0 Å². The standard InChI is InChI=1S/C8H11F2N3O2.ClH/c9-7(10)1-4(2-7)8(3-11)5(14)12-6(15)13-8;/h4H,1-3,11H2,(H2,12,13,14,15);1H. The molecule has 1 aliphatic heterocycles. The van der Waals surface area contributed by atoms with Gasteiger partial charge >= 0.3 is 6.03 Å². The van der Waals surface area contributed by atoms with Gasteiger partial charge in [-0.05, 0) is 0 Å². The molecule has 4 N–H and O–H groups in total. The van der Waals surface area contributed by atoms with E-state index in [0.717, 1.165) is 0 Å². The molecule has 92 valence electrons. The van der Waals surface area contributed by atoms with Crippen LogP contribution in [0.25, 0.3) is 0 Å². The second kappa shape index (κ2) is 3.81. The van der Waals surface area contributed by atoms with Gasteiger partial charge in [-0.1, -0.05) is 0 Å². The van der Waals surface area contributed by atoms with Crippen LogP contribution in [0.3, 0.4) is 0 Å². The van der Waals surface area contributed by atoms with Gasteiger partial charge in [-0.15, -0.1) is 12.4 Å². The number of carbonyl (C=O) groups is 2.